The van der Waals surface area contributed by atoms with Crippen LogP contribution in [0.3, 0.4) is 0 Å². The van der Waals surface area contributed by atoms with Crippen LogP contribution in [0, 0.1) is 5.92 Å². The monoisotopic (exact) mass is 504 g/mol. The van der Waals surface area contributed by atoms with E-state index in [2.05, 4.69) is 57.7 Å². The molecule has 0 spiro atoms. The fourth-order valence-electron chi connectivity index (χ4n) is 3.89. The van der Waals surface area contributed by atoms with Crippen LogP contribution in [0.25, 0.3) is 5.65 Å². The summed E-state index contributed by atoms with van der Waals surface area (Å²) in [5.41, 5.74) is 2.31. The lowest BCUT2D eigenvalue weighted by Gasteiger charge is -2.21. The maximum Gasteiger partial charge on any atom is 0.193 e. The lowest BCUT2D eigenvalue weighted by Crippen LogP contribution is -2.40. The Morgan fingerprint density at radius 1 is 1.14 bits per heavy atom. The lowest BCUT2D eigenvalue weighted by molar-refractivity contribution is 0.460. The summed E-state index contributed by atoms with van der Waals surface area (Å²) in [7, 11) is 0. The Bertz CT molecular complexity index is 923. The van der Waals surface area contributed by atoms with Gasteiger partial charge in [-0.2, -0.15) is 0 Å². The molecular weight excluding hydrogens is 475 g/mol. The molecule has 1 unspecified atom stereocenters. The van der Waals surface area contributed by atoms with Gasteiger partial charge in [0, 0.05) is 38.8 Å². The number of nitrogens with one attached hydrogen (secondary N) is 1. The third kappa shape index (κ3) is 5.46. The van der Waals surface area contributed by atoms with Crippen LogP contribution in [-0.4, -0.2) is 51.6 Å². The number of guanidine groups is 1. The molecule has 4 rings (SSSR count). The van der Waals surface area contributed by atoms with Gasteiger partial charge in [-0.3, -0.25) is 9.39 Å². The number of likely N-dealkylation sites (tertiary alicyclic amines) is 1. The zero-order chi connectivity index (χ0) is 19.2. The molecule has 3 heterocycles. The quantitative estimate of drug-likeness (QED) is 0.318. The van der Waals surface area contributed by atoms with Gasteiger partial charge in [-0.1, -0.05) is 36.4 Å². The first-order valence-electron chi connectivity index (χ1n) is 10.2. The van der Waals surface area contributed by atoms with Crippen LogP contribution in [0.4, 0.5) is 0 Å². The second-order valence-corrected chi connectivity index (χ2v) is 7.32. The first-order chi connectivity index (χ1) is 13.8. The Labute approximate surface area is 189 Å². The van der Waals surface area contributed by atoms with Gasteiger partial charge in [-0.25, -0.2) is 0 Å². The average Bonchev–Trinajstić information content (AvgIpc) is 3.35. The summed E-state index contributed by atoms with van der Waals surface area (Å²) in [5.74, 6) is 2.66. The van der Waals surface area contributed by atoms with Crippen LogP contribution in [0.5, 0.6) is 0 Å². The molecule has 154 valence electrons. The Morgan fingerprint density at radius 3 is 2.79 bits per heavy atom. The van der Waals surface area contributed by atoms with E-state index in [1.807, 2.05) is 28.8 Å². The third-order valence-electron chi connectivity index (χ3n) is 5.27. The molecule has 2 aromatic heterocycles. The highest BCUT2D eigenvalue weighted by Gasteiger charge is 2.24. The number of pyridine rings is 1. The molecule has 1 fully saturated rings. The van der Waals surface area contributed by atoms with E-state index in [-0.39, 0.29) is 24.0 Å². The van der Waals surface area contributed by atoms with Crippen LogP contribution >= 0.6 is 24.0 Å². The molecule has 0 radical (unpaired) electrons. The van der Waals surface area contributed by atoms with E-state index in [9.17, 15) is 0 Å². The van der Waals surface area contributed by atoms with Crippen molar-refractivity contribution < 1.29 is 0 Å². The molecule has 0 amide bonds. The number of rotatable bonds is 6. The van der Waals surface area contributed by atoms with Crippen molar-refractivity contribution in [3.05, 3.63) is 66.1 Å². The van der Waals surface area contributed by atoms with Gasteiger partial charge in [-0.05, 0) is 43.4 Å². The van der Waals surface area contributed by atoms with Gasteiger partial charge in [0.05, 0.1) is 0 Å². The molecule has 1 saturated heterocycles. The molecule has 0 bridgehead atoms. The molecular formula is C22H29IN6. The third-order valence-corrected chi connectivity index (χ3v) is 5.27. The highest BCUT2D eigenvalue weighted by molar-refractivity contribution is 14.0. The fraction of sp³-hybridized carbons (Fsp3) is 0.409. The standard InChI is InChI=1S/C22H28N6.HI/c1-2-23-22(24-13-11-21-26-25-20-10-6-7-14-28(20)21)27-15-12-19(17-27)16-18-8-4-3-5-9-18;/h3-10,14,19H,2,11-13,15-17H2,1H3,(H,23,24);1H. The number of fused-ring (bicyclic) bond motifs is 1. The van der Waals surface area contributed by atoms with Crippen LogP contribution in [0.15, 0.2) is 59.7 Å². The Morgan fingerprint density at radius 2 is 1.97 bits per heavy atom. The van der Waals surface area contributed by atoms with Crippen molar-refractivity contribution >= 4 is 35.6 Å². The van der Waals surface area contributed by atoms with Crippen molar-refractivity contribution in [2.75, 3.05) is 26.2 Å². The summed E-state index contributed by atoms with van der Waals surface area (Å²) in [6, 6.07) is 16.7. The zero-order valence-corrected chi connectivity index (χ0v) is 19.2. The first-order valence-corrected chi connectivity index (χ1v) is 10.2. The fourth-order valence-corrected chi connectivity index (χ4v) is 3.89. The molecule has 6 nitrogen and oxygen atoms in total. The normalized spacial score (nSPS) is 16.8. The minimum atomic E-state index is 0. The van der Waals surface area contributed by atoms with Gasteiger partial charge in [-0.15, -0.1) is 34.2 Å². The SMILES string of the molecule is CCNC(=NCCc1nnc2ccccn12)N1CCC(Cc2ccccc2)C1.I. The van der Waals surface area contributed by atoms with E-state index in [1.165, 1.54) is 12.0 Å². The number of hydrogen-bond acceptors (Lipinski definition) is 3. The zero-order valence-electron chi connectivity index (χ0n) is 16.9. The maximum absolute atomic E-state index is 4.87. The molecule has 1 aromatic carbocycles. The summed E-state index contributed by atoms with van der Waals surface area (Å²) >= 11 is 0. The van der Waals surface area contributed by atoms with Gasteiger partial charge in [0.2, 0.25) is 0 Å². The van der Waals surface area contributed by atoms with Crippen molar-refractivity contribution in [2.45, 2.75) is 26.2 Å². The summed E-state index contributed by atoms with van der Waals surface area (Å²) in [4.78, 5) is 7.27. The summed E-state index contributed by atoms with van der Waals surface area (Å²) in [6.45, 7) is 5.84. The van der Waals surface area contributed by atoms with E-state index in [0.29, 0.717) is 12.5 Å². The van der Waals surface area contributed by atoms with Crippen molar-refractivity contribution in [3.8, 4) is 0 Å². The van der Waals surface area contributed by atoms with E-state index in [4.69, 9.17) is 4.99 Å². The van der Waals surface area contributed by atoms with Crippen molar-refractivity contribution in [1.82, 2.24) is 24.8 Å². The molecule has 0 aliphatic carbocycles. The second-order valence-electron chi connectivity index (χ2n) is 7.32. The summed E-state index contributed by atoms with van der Waals surface area (Å²) in [5, 5.41) is 12.0. The van der Waals surface area contributed by atoms with Gasteiger partial charge >= 0.3 is 0 Å². The van der Waals surface area contributed by atoms with Crippen molar-refractivity contribution in [3.63, 3.8) is 0 Å². The minimum absolute atomic E-state index is 0. The number of hydrogen-bond donors (Lipinski definition) is 1. The number of aromatic nitrogens is 3. The number of aliphatic imine (C=N–C) groups is 1. The highest BCUT2D eigenvalue weighted by Crippen LogP contribution is 2.21. The predicted octanol–water partition coefficient (Wildman–Crippen LogP) is 3.42. The van der Waals surface area contributed by atoms with Gasteiger partial charge < -0.3 is 10.2 Å². The van der Waals surface area contributed by atoms with E-state index >= 15 is 0 Å². The number of benzene rings is 1. The smallest absolute Gasteiger partial charge is 0.193 e. The largest absolute Gasteiger partial charge is 0.357 e. The Kier molecular flexibility index (Phi) is 7.85. The van der Waals surface area contributed by atoms with Gasteiger partial charge in [0.1, 0.15) is 5.82 Å². The summed E-state index contributed by atoms with van der Waals surface area (Å²) in [6.07, 6.45) is 5.15. The van der Waals surface area contributed by atoms with Crippen molar-refractivity contribution in [2.24, 2.45) is 10.9 Å². The lowest BCUT2D eigenvalue weighted by atomic mass is 9.99. The molecule has 1 aliphatic heterocycles. The van der Waals surface area contributed by atoms with E-state index in [1.54, 1.807) is 0 Å². The maximum atomic E-state index is 4.87. The summed E-state index contributed by atoms with van der Waals surface area (Å²) < 4.78 is 2.04. The number of halogens is 1. The molecule has 3 aromatic rings. The highest BCUT2D eigenvalue weighted by atomic mass is 127. The molecule has 1 aliphatic rings. The van der Waals surface area contributed by atoms with Gasteiger partial charge in [0.15, 0.2) is 11.6 Å². The molecule has 1 N–H and O–H groups in total. The topological polar surface area (TPSA) is 57.8 Å². The van der Waals surface area contributed by atoms with Crippen LogP contribution in [0.2, 0.25) is 0 Å². The Balaban J connectivity index is 0.00000240. The first kappa shape index (κ1) is 21.5. The van der Waals surface area contributed by atoms with Crippen LogP contribution in [-0.2, 0) is 12.8 Å². The van der Waals surface area contributed by atoms with E-state index < -0.39 is 0 Å². The predicted molar refractivity (Wildman–Crippen MR) is 128 cm³/mol. The molecule has 1 atom stereocenters. The molecule has 0 saturated carbocycles. The van der Waals surface area contributed by atoms with Crippen LogP contribution in [0.1, 0.15) is 24.7 Å². The second kappa shape index (κ2) is 10.6. The average molecular weight is 504 g/mol. The molecule has 29 heavy (non-hydrogen) atoms. The number of nitrogens with zero attached hydrogens (tertiary/aromatic N) is 5. The van der Waals surface area contributed by atoms with E-state index in [0.717, 1.165) is 49.9 Å². The van der Waals surface area contributed by atoms with Gasteiger partial charge in [0.25, 0.3) is 0 Å². The molecule has 7 heteroatoms. The van der Waals surface area contributed by atoms with Crippen LogP contribution < -0.4 is 5.32 Å². The minimum Gasteiger partial charge on any atom is -0.357 e. The Hall–Kier alpha value is -2.16. The van der Waals surface area contributed by atoms with Crippen molar-refractivity contribution in [1.29, 1.82) is 0 Å².